The largest absolute Gasteiger partial charge is 0.393 e. The number of morpholine rings is 1. The minimum absolute atomic E-state index is 0.159. The highest BCUT2D eigenvalue weighted by Gasteiger charge is 2.39. The van der Waals surface area contributed by atoms with Crippen LogP contribution in [0.2, 0.25) is 0 Å². The number of hydrogen-bond acceptors (Lipinski definition) is 5. The highest BCUT2D eigenvalue weighted by molar-refractivity contribution is 5.98. The number of anilines is 1. The standard InChI is InChI=1S/C19H23N3O3/c1-14-5-2-3-6-15(14)11-19(13-23)12-22(9-10-25-19)18(24)16-7-4-8-21-17(16)20/h2-8,23H,9-13H2,1H3,(H2,20,21). The van der Waals surface area contributed by atoms with E-state index < -0.39 is 5.60 Å². The molecule has 2 aromatic rings. The molecule has 3 rings (SSSR count). The summed E-state index contributed by atoms with van der Waals surface area (Å²) in [5.41, 5.74) is 7.65. The Morgan fingerprint density at radius 1 is 1.36 bits per heavy atom. The van der Waals surface area contributed by atoms with Crippen LogP contribution in [0.1, 0.15) is 21.5 Å². The van der Waals surface area contributed by atoms with Crippen molar-refractivity contribution in [3.05, 3.63) is 59.3 Å². The van der Waals surface area contributed by atoms with Gasteiger partial charge in [0.2, 0.25) is 0 Å². The van der Waals surface area contributed by atoms with Gasteiger partial charge in [-0.05, 0) is 30.2 Å². The number of rotatable bonds is 4. The van der Waals surface area contributed by atoms with E-state index in [0.717, 1.165) is 11.1 Å². The third kappa shape index (κ3) is 3.65. The summed E-state index contributed by atoms with van der Waals surface area (Å²) >= 11 is 0. The average Bonchev–Trinajstić information content (AvgIpc) is 2.64. The van der Waals surface area contributed by atoms with Crippen molar-refractivity contribution in [3.63, 3.8) is 0 Å². The molecule has 0 saturated carbocycles. The predicted molar refractivity (Wildman–Crippen MR) is 95.2 cm³/mol. The van der Waals surface area contributed by atoms with Crippen LogP contribution in [-0.2, 0) is 11.2 Å². The molecule has 25 heavy (non-hydrogen) atoms. The molecule has 0 bridgehead atoms. The molecule has 2 heterocycles. The second kappa shape index (κ2) is 7.21. The Hall–Kier alpha value is -2.44. The van der Waals surface area contributed by atoms with Gasteiger partial charge in [-0.1, -0.05) is 24.3 Å². The van der Waals surface area contributed by atoms with E-state index in [0.29, 0.717) is 31.7 Å². The molecule has 1 aromatic carbocycles. The third-order valence-corrected chi connectivity index (χ3v) is 4.67. The van der Waals surface area contributed by atoms with Crippen molar-refractivity contribution in [2.24, 2.45) is 0 Å². The van der Waals surface area contributed by atoms with E-state index in [1.54, 1.807) is 23.2 Å². The van der Waals surface area contributed by atoms with Crippen LogP contribution in [0.15, 0.2) is 42.6 Å². The highest BCUT2D eigenvalue weighted by atomic mass is 16.5. The summed E-state index contributed by atoms with van der Waals surface area (Å²) in [5.74, 6) is 0.0315. The van der Waals surface area contributed by atoms with Crippen LogP contribution in [0.5, 0.6) is 0 Å². The maximum Gasteiger partial charge on any atom is 0.257 e. The van der Waals surface area contributed by atoms with Crippen molar-refractivity contribution >= 4 is 11.7 Å². The van der Waals surface area contributed by atoms with Crippen LogP contribution in [0.4, 0.5) is 5.82 Å². The number of nitrogens with zero attached hydrogens (tertiary/aromatic N) is 2. The number of aliphatic hydroxyl groups is 1. The minimum Gasteiger partial charge on any atom is -0.393 e. The lowest BCUT2D eigenvalue weighted by Crippen LogP contribution is -2.57. The average molecular weight is 341 g/mol. The quantitative estimate of drug-likeness (QED) is 0.878. The fourth-order valence-electron chi connectivity index (χ4n) is 3.20. The lowest BCUT2D eigenvalue weighted by molar-refractivity contribution is -0.123. The summed E-state index contributed by atoms with van der Waals surface area (Å²) in [5, 5.41) is 10.0. The van der Waals surface area contributed by atoms with E-state index >= 15 is 0 Å². The van der Waals surface area contributed by atoms with E-state index in [9.17, 15) is 9.90 Å². The molecule has 1 atom stereocenters. The summed E-state index contributed by atoms with van der Waals surface area (Å²) in [7, 11) is 0. The fraction of sp³-hybridized carbons (Fsp3) is 0.368. The molecule has 1 aliphatic rings. The SMILES string of the molecule is Cc1ccccc1CC1(CO)CN(C(=O)c2cccnc2N)CCO1. The van der Waals surface area contributed by atoms with Gasteiger partial charge >= 0.3 is 0 Å². The summed E-state index contributed by atoms with van der Waals surface area (Å²) < 4.78 is 5.93. The summed E-state index contributed by atoms with van der Waals surface area (Å²) in [6, 6.07) is 11.4. The van der Waals surface area contributed by atoms with Crippen LogP contribution in [-0.4, -0.2) is 52.8 Å². The van der Waals surface area contributed by atoms with Gasteiger partial charge < -0.3 is 20.5 Å². The Labute approximate surface area is 147 Å². The number of aryl methyl sites for hydroxylation is 1. The molecule has 1 saturated heterocycles. The monoisotopic (exact) mass is 341 g/mol. The maximum absolute atomic E-state index is 12.8. The summed E-state index contributed by atoms with van der Waals surface area (Å²) in [6.45, 7) is 3.02. The van der Waals surface area contributed by atoms with Crippen LogP contribution in [0, 0.1) is 6.92 Å². The van der Waals surface area contributed by atoms with Crippen LogP contribution in [0.25, 0.3) is 0 Å². The van der Waals surface area contributed by atoms with Crippen LogP contribution < -0.4 is 5.73 Å². The molecule has 0 spiro atoms. The molecule has 0 aliphatic carbocycles. The molecule has 0 radical (unpaired) electrons. The van der Waals surface area contributed by atoms with Crippen molar-refractivity contribution in [2.45, 2.75) is 18.9 Å². The fourth-order valence-corrected chi connectivity index (χ4v) is 3.20. The molecule has 1 unspecified atom stereocenters. The topological polar surface area (TPSA) is 88.7 Å². The van der Waals surface area contributed by atoms with E-state index in [2.05, 4.69) is 4.98 Å². The van der Waals surface area contributed by atoms with Crippen LogP contribution in [0.3, 0.4) is 0 Å². The Balaban J connectivity index is 1.82. The highest BCUT2D eigenvalue weighted by Crippen LogP contribution is 2.26. The Kier molecular flexibility index (Phi) is 5.01. The lowest BCUT2D eigenvalue weighted by atomic mass is 9.90. The normalized spacial score (nSPS) is 20.5. The number of amides is 1. The first-order valence-corrected chi connectivity index (χ1v) is 8.34. The smallest absolute Gasteiger partial charge is 0.257 e. The number of benzene rings is 1. The maximum atomic E-state index is 12.8. The van der Waals surface area contributed by atoms with Gasteiger partial charge in [0.1, 0.15) is 11.4 Å². The number of pyridine rings is 1. The van der Waals surface area contributed by atoms with Gasteiger partial charge in [0.25, 0.3) is 5.91 Å². The predicted octanol–water partition coefficient (Wildman–Crippen LogP) is 1.42. The van der Waals surface area contributed by atoms with Gasteiger partial charge in [-0.25, -0.2) is 4.98 Å². The zero-order valence-electron chi connectivity index (χ0n) is 14.3. The molecular formula is C19H23N3O3. The number of ether oxygens (including phenoxy) is 1. The van der Waals surface area contributed by atoms with Gasteiger partial charge in [-0.15, -0.1) is 0 Å². The molecule has 1 amide bonds. The van der Waals surface area contributed by atoms with Crippen LogP contribution >= 0.6 is 0 Å². The number of aromatic nitrogens is 1. The van der Waals surface area contributed by atoms with Gasteiger partial charge in [-0.3, -0.25) is 4.79 Å². The molecule has 1 aliphatic heterocycles. The third-order valence-electron chi connectivity index (χ3n) is 4.67. The first-order chi connectivity index (χ1) is 12.0. The van der Waals surface area contributed by atoms with E-state index in [1.165, 1.54) is 0 Å². The van der Waals surface area contributed by atoms with Crippen molar-refractivity contribution in [1.82, 2.24) is 9.88 Å². The number of carbonyl (C=O) groups excluding carboxylic acids is 1. The first-order valence-electron chi connectivity index (χ1n) is 8.34. The van der Waals surface area contributed by atoms with Gasteiger partial charge in [0.15, 0.2) is 0 Å². The lowest BCUT2D eigenvalue weighted by Gasteiger charge is -2.42. The van der Waals surface area contributed by atoms with Crippen molar-refractivity contribution in [1.29, 1.82) is 0 Å². The number of nitrogen functional groups attached to an aromatic ring is 1. The summed E-state index contributed by atoms with van der Waals surface area (Å²) in [6.07, 6.45) is 2.10. The first kappa shape index (κ1) is 17.4. The van der Waals surface area contributed by atoms with Gasteiger partial charge in [-0.2, -0.15) is 0 Å². The van der Waals surface area contributed by atoms with E-state index in [1.807, 2.05) is 31.2 Å². The molecule has 3 N–H and O–H groups in total. The Morgan fingerprint density at radius 3 is 2.88 bits per heavy atom. The molecule has 1 fully saturated rings. The van der Waals surface area contributed by atoms with Crippen molar-refractivity contribution < 1.29 is 14.6 Å². The summed E-state index contributed by atoms with van der Waals surface area (Å²) in [4.78, 5) is 18.5. The molecule has 6 nitrogen and oxygen atoms in total. The van der Waals surface area contributed by atoms with Crippen molar-refractivity contribution in [3.8, 4) is 0 Å². The number of hydrogen-bond donors (Lipinski definition) is 2. The van der Waals surface area contributed by atoms with E-state index in [4.69, 9.17) is 10.5 Å². The number of aliphatic hydroxyl groups excluding tert-OH is 1. The van der Waals surface area contributed by atoms with E-state index in [-0.39, 0.29) is 18.3 Å². The molecule has 1 aromatic heterocycles. The molecule has 132 valence electrons. The van der Waals surface area contributed by atoms with Gasteiger partial charge in [0, 0.05) is 19.2 Å². The Bertz CT molecular complexity index is 765. The zero-order valence-corrected chi connectivity index (χ0v) is 14.3. The van der Waals surface area contributed by atoms with Crippen molar-refractivity contribution in [2.75, 3.05) is 32.0 Å². The Morgan fingerprint density at radius 2 is 2.16 bits per heavy atom. The second-order valence-electron chi connectivity index (χ2n) is 6.46. The zero-order chi connectivity index (χ0) is 17.9. The molecular weight excluding hydrogens is 318 g/mol. The molecule has 6 heteroatoms. The van der Waals surface area contributed by atoms with Gasteiger partial charge in [0.05, 0.1) is 25.3 Å². The minimum atomic E-state index is -0.809. The second-order valence-corrected chi connectivity index (χ2v) is 6.46. The number of nitrogens with two attached hydrogens (primary N) is 1. The number of carbonyl (C=O) groups is 1.